The number of pyridine rings is 2. The molecule has 9 heteroatoms. The molecule has 150 valence electrons. The van der Waals surface area contributed by atoms with Crippen molar-refractivity contribution in [3.63, 3.8) is 0 Å². The second kappa shape index (κ2) is 8.65. The molecule has 1 aliphatic heterocycles. The molecule has 1 amide bonds. The quantitative estimate of drug-likeness (QED) is 0.591. The van der Waals surface area contributed by atoms with Gasteiger partial charge in [0.25, 0.3) is 0 Å². The van der Waals surface area contributed by atoms with Gasteiger partial charge in [-0.2, -0.15) is 0 Å². The Morgan fingerprint density at radius 2 is 1.50 bits per heavy atom. The summed E-state index contributed by atoms with van der Waals surface area (Å²) in [6.07, 6.45) is 3.12. The molecular weight excluding hydrogens is 490 g/mol. The van der Waals surface area contributed by atoms with Crippen LogP contribution >= 0.6 is 31.9 Å². The predicted molar refractivity (Wildman–Crippen MR) is 116 cm³/mol. The highest BCUT2D eigenvalue weighted by atomic mass is 79.9. The summed E-state index contributed by atoms with van der Waals surface area (Å²) >= 11 is 6.82. The molecule has 0 radical (unpaired) electrons. The molecule has 0 bridgehead atoms. The summed E-state index contributed by atoms with van der Waals surface area (Å²) in [5.41, 5.74) is -0.574. The third kappa shape index (κ3) is 5.35. The van der Waals surface area contributed by atoms with E-state index < -0.39 is 5.60 Å². The van der Waals surface area contributed by atoms with Crippen LogP contribution < -0.4 is 9.91 Å². The summed E-state index contributed by atoms with van der Waals surface area (Å²) in [4.78, 5) is 24.0. The Morgan fingerprint density at radius 1 is 0.929 bits per heavy atom. The Bertz CT molecular complexity index is 809. The van der Waals surface area contributed by atoms with Gasteiger partial charge in [-0.25, -0.2) is 19.8 Å². The molecule has 0 spiro atoms. The third-order valence-corrected chi connectivity index (χ3v) is 5.01. The fourth-order valence-corrected chi connectivity index (χ4v) is 3.30. The first-order valence-corrected chi connectivity index (χ1v) is 10.6. The maximum absolute atomic E-state index is 12.9. The van der Waals surface area contributed by atoms with Crippen molar-refractivity contribution in [1.82, 2.24) is 15.0 Å². The topological polar surface area (TPSA) is 61.8 Å². The first-order chi connectivity index (χ1) is 13.2. The van der Waals surface area contributed by atoms with Crippen molar-refractivity contribution in [2.24, 2.45) is 0 Å². The van der Waals surface area contributed by atoms with Gasteiger partial charge in [0.2, 0.25) is 0 Å². The normalized spacial score (nSPS) is 15.4. The van der Waals surface area contributed by atoms with Crippen molar-refractivity contribution < 1.29 is 9.53 Å². The van der Waals surface area contributed by atoms with Crippen LogP contribution in [0.15, 0.2) is 45.6 Å². The van der Waals surface area contributed by atoms with Crippen molar-refractivity contribution in [2.75, 3.05) is 36.1 Å². The Morgan fingerprint density at radius 3 is 2.04 bits per heavy atom. The monoisotopic (exact) mass is 511 g/mol. The largest absolute Gasteiger partial charge is 0.442 e. The van der Waals surface area contributed by atoms with Crippen molar-refractivity contribution in [3.05, 3.63) is 45.6 Å². The molecule has 2 aromatic heterocycles. The molecule has 1 saturated heterocycles. The summed E-state index contributed by atoms with van der Waals surface area (Å²) in [6, 6.07) is 7.73. The fourth-order valence-electron chi connectivity index (χ4n) is 2.83. The predicted octanol–water partition coefficient (Wildman–Crippen LogP) is 4.48. The number of hydrogen-bond donors (Lipinski definition) is 0. The molecule has 0 unspecified atom stereocenters. The lowest BCUT2D eigenvalue weighted by atomic mass is 10.2. The molecule has 0 saturated carbocycles. The zero-order chi connectivity index (χ0) is 20.3. The highest BCUT2D eigenvalue weighted by Gasteiger charge is 2.31. The fraction of sp³-hybridized carbons (Fsp3) is 0.421. The smallest absolute Gasteiger partial charge is 0.429 e. The van der Waals surface area contributed by atoms with E-state index >= 15 is 0 Å². The number of aromatic nitrogens is 2. The van der Waals surface area contributed by atoms with Crippen LogP contribution in [-0.2, 0) is 4.74 Å². The van der Waals surface area contributed by atoms with Crippen LogP contribution in [0.2, 0.25) is 0 Å². The standard InChI is InChI=1S/C19H23Br2N5O2/c1-19(2,3)28-18(27)26-11-9-24(16-6-4-14(20)12-22-16)8-10-25(26)17-7-5-15(21)13-23-17/h4-7,12-13H,8-11H2,1-3H3. The van der Waals surface area contributed by atoms with E-state index in [1.54, 1.807) is 17.4 Å². The first-order valence-electron chi connectivity index (χ1n) is 8.99. The van der Waals surface area contributed by atoms with E-state index in [1.807, 2.05) is 50.0 Å². The number of hydrazine groups is 1. The van der Waals surface area contributed by atoms with Crippen LogP contribution in [-0.4, -0.2) is 52.9 Å². The van der Waals surface area contributed by atoms with Crippen LogP contribution in [0.3, 0.4) is 0 Å². The van der Waals surface area contributed by atoms with Crippen LogP contribution in [0.5, 0.6) is 0 Å². The summed E-state index contributed by atoms with van der Waals surface area (Å²) in [7, 11) is 0. The van der Waals surface area contributed by atoms with Crippen molar-refractivity contribution in [1.29, 1.82) is 0 Å². The van der Waals surface area contributed by atoms with E-state index in [0.29, 0.717) is 32.0 Å². The maximum atomic E-state index is 12.9. The number of rotatable bonds is 2. The van der Waals surface area contributed by atoms with Gasteiger partial charge in [0.15, 0.2) is 0 Å². The molecule has 0 aliphatic carbocycles. The number of halogens is 2. The van der Waals surface area contributed by atoms with E-state index in [-0.39, 0.29) is 6.09 Å². The molecule has 1 fully saturated rings. The van der Waals surface area contributed by atoms with Crippen LogP contribution in [0, 0.1) is 0 Å². The van der Waals surface area contributed by atoms with Crippen LogP contribution in [0.25, 0.3) is 0 Å². The van der Waals surface area contributed by atoms with Gasteiger partial charge in [0.05, 0.1) is 13.1 Å². The number of nitrogens with zero attached hydrogens (tertiary/aromatic N) is 5. The summed E-state index contributed by atoms with van der Waals surface area (Å²) in [5, 5.41) is 3.50. The molecule has 0 atom stereocenters. The highest BCUT2D eigenvalue weighted by molar-refractivity contribution is 9.10. The lowest BCUT2D eigenvalue weighted by molar-refractivity contribution is 0.0239. The van der Waals surface area contributed by atoms with Crippen molar-refractivity contribution in [2.45, 2.75) is 26.4 Å². The van der Waals surface area contributed by atoms with E-state index in [4.69, 9.17) is 4.74 Å². The van der Waals surface area contributed by atoms with Gasteiger partial charge >= 0.3 is 6.09 Å². The summed E-state index contributed by atoms with van der Waals surface area (Å²) in [6.45, 7) is 7.97. The minimum atomic E-state index is -0.574. The number of amides is 1. The molecule has 1 aliphatic rings. The molecular formula is C19H23Br2N5O2. The van der Waals surface area contributed by atoms with E-state index in [9.17, 15) is 4.79 Å². The zero-order valence-corrected chi connectivity index (χ0v) is 19.3. The second-order valence-corrected chi connectivity index (χ2v) is 9.21. The van der Waals surface area contributed by atoms with Gasteiger partial charge in [0, 0.05) is 34.4 Å². The van der Waals surface area contributed by atoms with Gasteiger partial charge in [-0.1, -0.05) is 0 Å². The Hall–Kier alpha value is -1.87. The lowest BCUT2D eigenvalue weighted by Crippen LogP contribution is -2.49. The van der Waals surface area contributed by atoms with Gasteiger partial charge in [-0.3, -0.25) is 5.01 Å². The number of carbonyl (C=O) groups excluding carboxylic acids is 1. The van der Waals surface area contributed by atoms with E-state index in [1.165, 1.54) is 0 Å². The van der Waals surface area contributed by atoms with E-state index in [0.717, 1.165) is 14.8 Å². The zero-order valence-electron chi connectivity index (χ0n) is 16.1. The van der Waals surface area contributed by atoms with E-state index in [2.05, 4.69) is 46.7 Å². The average Bonchev–Trinajstić information content (AvgIpc) is 2.85. The summed E-state index contributed by atoms with van der Waals surface area (Å²) in [5.74, 6) is 1.57. The Kier molecular flexibility index (Phi) is 6.44. The van der Waals surface area contributed by atoms with Gasteiger partial charge in [0.1, 0.15) is 17.2 Å². The number of anilines is 2. The minimum Gasteiger partial charge on any atom is -0.442 e. The van der Waals surface area contributed by atoms with Gasteiger partial charge < -0.3 is 9.64 Å². The van der Waals surface area contributed by atoms with Gasteiger partial charge in [-0.05, 0) is 76.9 Å². The Balaban J connectivity index is 1.86. The maximum Gasteiger partial charge on any atom is 0.429 e. The molecule has 0 aromatic carbocycles. The second-order valence-electron chi connectivity index (χ2n) is 7.38. The van der Waals surface area contributed by atoms with Crippen molar-refractivity contribution >= 4 is 49.6 Å². The number of hydrogen-bond acceptors (Lipinski definition) is 6. The molecule has 3 heterocycles. The minimum absolute atomic E-state index is 0.386. The van der Waals surface area contributed by atoms with Crippen molar-refractivity contribution in [3.8, 4) is 0 Å². The summed E-state index contributed by atoms with van der Waals surface area (Å²) < 4.78 is 7.45. The SMILES string of the molecule is CC(C)(C)OC(=O)N1CCN(c2ccc(Br)cn2)CCN1c1ccc(Br)cn1. The molecule has 28 heavy (non-hydrogen) atoms. The molecule has 2 aromatic rings. The molecule has 7 nitrogen and oxygen atoms in total. The Labute approximate surface area is 181 Å². The number of ether oxygens (including phenoxy) is 1. The highest BCUT2D eigenvalue weighted by Crippen LogP contribution is 2.23. The molecule has 3 rings (SSSR count). The lowest BCUT2D eigenvalue weighted by Gasteiger charge is -2.34. The van der Waals surface area contributed by atoms with Crippen LogP contribution in [0.1, 0.15) is 20.8 Å². The van der Waals surface area contributed by atoms with Gasteiger partial charge in [-0.15, -0.1) is 0 Å². The first kappa shape index (κ1) is 20.9. The average molecular weight is 513 g/mol. The third-order valence-electron chi connectivity index (χ3n) is 4.07. The molecule has 0 N–H and O–H groups in total. The van der Waals surface area contributed by atoms with Crippen LogP contribution in [0.4, 0.5) is 16.4 Å². The number of carbonyl (C=O) groups is 1.